The third-order valence-electron chi connectivity index (χ3n) is 3.41. The lowest BCUT2D eigenvalue weighted by Crippen LogP contribution is -2.00. The summed E-state index contributed by atoms with van der Waals surface area (Å²) in [5.74, 6) is 5.92. The van der Waals surface area contributed by atoms with E-state index >= 15 is 0 Å². The van der Waals surface area contributed by atoms with Gasteiger partial charge in [0.1, 0.15) is 0 Å². The molecule has 0 aliphatic rings. The number of carbonyl (C=O) groups is 1. The molecule has 0 radical (unpaired) electrons. The molecular weight excluding hydrogens is 272 g/mol. The van der Waals surface area contributed by atoms with Gasteiger partial charge in [-0.1, -0.05) is 42.2 Å². The summed E-state index contributed by atoms with van der Waals surface area (Å²) in [5.41, 5.74) is 2.36. The van der Waals surface area contributed by atoms with E-state index in [1.807, 2.05) is 30.3 Å². The Morgan fingerprint density at radius 3 is 2.18 bits per heavy atom. The van der Waals surface area contributed by atoms with Crippen LogP contribution in [0.2, 0.25) is 0 Å². The topological polar surface area (TPSA) is 26.3 Å². The second-order valence-electron chi connectivity index (χ2n) is 4.88. The molecule has 0 aliphatic carbocycles. The summed E-state index contributed by atoms with van der Waals surface area (Å²) >= 11 is 0. The van der Waals surface area contributed by atoms with E-state index in [0.29, 0.717) is 5.56 Å². The van der Waals surface area contributed by atoms with Crippen molar-refractivity contribution in [1.29, 1.82) is 0 Å². The first kappa shape index (κ1) is 13.9. The van der Waals surface area contributed by atoms with Gasteiger partial charge < -0.3 is 4.74 Å². The maximum absolute atomic E-state index is 11.4. The first-order valence-electron chi connectivity index (χ1n) is 6.95. The Morgan fingerprint density at radius 2 is 1.45 bits per heavy atom. The highest BCUT2D eigenvalue weighted by molar-refractivity contribution is 5.89. The zero-order chi connectivity index (χ0) is 15.4. The molecule has 0 bridgehead atoms. The Labute approximate surface area is 129 Å². The molecule has 3 aromatic carbocycles. The highest BCUT2D eigenvalue weighted by Gasteiger charge is 2.03. The van der Waals surface area contributed by atoms with Crippen molar-refractivity contribution in [3.8, 4) is 11.8 Å². The van der Waals surface area contributed by atoms with Gasteiger partial charge in [-0.3, -0.25) is 0 Å². The molecule has 0 aliphatic heterocycles. The number of benzene rings is 3. The molecule has 0 aromatic heterocycles. The van der Waals surface area contributed by atoms with E-state index in [9.17, 15) is 4.79 Å². The Balaban J connectivity index is 1.86. The Bertz CT molecular complexity index is 881. The van der Waals surface area contributed by atoms with Crippen LogP contribution in [0.15, 0.2) is 66.7 Å². The van der Waals surface area contributed by atoms with Crippen molar-refractivity contribution in [3.05, 3.63) is 83.4 Å². The predicted octanol–water partition coefficient (Wildman–Crippen LogP) is 4.03. The van der Waals surface area contributed by atoms with Crippen LogP contribution in [0, 0.1) is 11.8 Å². The number of hydrogen-bond donors (Lipinski definition) is 0. The lowest BCUT2D eigenvalue weighted by Gasteiger charge is -1.99. The second kappa shape index (κ2) is 6.15. The van der Waals surface area contributed by atoms with E-state index in [-0.39, 0.29) is 5.97 Å². The van der Waals surface area contributed by atoms with Crippen LogP contribution in [0.5, 0.6) is 0 Å². The SMILES string of the molecule is COC(=O)c1ccc(C#Cc2ccc3ccccc3c2)cc1. The number of fused-ring (bicyclic) bond motifs is 1. The number of esters is 1. The van der Waals surface area contributed by atoms with Crippen molar-refractivity contribution in [2.75, 3.05) is 7.11 Å². The minimum atomic E-state index is -0.339. The molecule has 0 spiro atoms. The van der Waals surface area contributed by atoms with Crippen molar-refractivity contribution in [2.24, 2.45) is 0 Å². The Morgan fingerprint density at radius 1 is 0.818 bits per heavy atom. The molecule has 0 fully saturated rings. The van der Waals surface area contributed by atoms with E-state index < -0.39 is 0 Å². The van der Waals surface area contributed by atoms with Crippen LogP contribution in [0.1, 0.15) is 21.5 Å². The molecule has 0 saturated heterocycles. The van der Waals surface area contributed by atoms with Crippen LogP contribution in [-0.2, 0) is 4.74 Å². The summed E-state index contributed by atoms with van der Waals surface area (Å²) < 4.78 is 4.67. The molecule has 106 valence electrons. The molecule has 0 heterocycles. The second-order valence-corrected chi connectivity index (χ2v) is 4.88. The fourth-order valence-electron chi connectivity index (χ4n) is 2.22. The Kier molecular flexibility index (Phi) is 3.89. The van der Waals surface area contributed by atoms with Crippen molar-refractivity contribution in [3.63, 3.8) is 0 Å². The van der Waals surface area contributed by atoms with Crippen molar-refractivity contribution >= 4 is 16.7 Å². The molecule has 22 heavy (non-hydrogen) atoms. The van der Waals surface area contributed by atoms with Gasteiger partial charge in [-0.2, -0.15) is 0 Å². The predicted molar refractivity (Wildman–Crippen MR) is 87.7 cm³/mol. The van der Waals surface area contributed by atoms with Crippen LogP contribution >= 0.6 is 0 Å². The minimum Gasteiger partial charge on any atom is -0.465 e. The lowest BCUT2D eigenvalue weighted by molar-refractivity contribution is 0.0601. The quantitative estimate of drug-likeness (QED) is 0.499. The van der Waals surface area contributed by atoms with Crippen LogP contribution in [0.3, 0.4) is 0 Å². The van der Waals surface area contributed by atoms with Gasteiger partial charge in [0.15, 0.2) is 0 Å². The smallest absolute Gasteiger partial charge is 0.337 e. The average Bonchev–Trinajstić information content (AvgIpc) is 2.59. The molecule has 0 amide bonds. The highest BCUT2D eigenvalue weighted by Crippen LogP contribution is 2.15. The fraction of sp³-hybridized carbons (Fsp3) is 0.0500. The average molecular weight is 286 g/mol. The molecule has 2 nitrogen and oxygen atoms in total. The van der Waals surface area contributed by atoms with Crippen LogP contribution in [-0.4, -0.2) is 13.1 Å². The van der Waals surface area contributed by atoms with E-state index in [1.165, 1.54) is 17.9 Å². The first-order chi connectivity index (χ1) is 10.8. The molecule has 0 saturated carbocycles. The van der Waals surface area contributed by atoms with Crippen LogP contribution in [0.4, 0.5) is 0 Å². The maximum Gasteiger partial charge on any atom is 0.337 e. The molecular formula is C20H14O2. The van der Waals surface area contributed by atoms with Gasteiger partial charge in [0.25, 0.3) is 0 Å². The standard InChI is InChI=1S/C20H14O2/c1-22-20(21)18-12-8-15(9-13-18)6-7-16-10-11-17-4-2-3-5-19(17)14-16/h2-5,8-14H,1H3. The first-order valence-corrected chi connectivity index (χ1v) is 6.95. The van der Waals surface area contributed by atoms with Crippen molar-refractivity contribution < 1.29 is 9.53 Å². The third-order valence-corrected chi connectivity index (χ3v) is 3.41. The zero-order valence-corrected chi connectivity index (χ0v) is 12.2. The number of methoxy groups -OCH3 is 1. The van der Waals surface area contributed by atoms with Crippen LogP contribution < -0.4 is 0 Å². The summed E-state index contributed by atoms with van der Waals surface area (Å²) in [6.45, 7) is 0. The maximum atomic E-state index is 11.4. The molecule has 0 N–H and O–H groups in total. The van der Waals surface area contributed by atoms with Crippen LogP contribution in [0.25, 0.3) is 10.8 Å². The lowest BCUT2D eigenvalue weighted by atomic mass is 10.1. The van der Waals surface area contributed by atoms with Crippen molar-refractivity contribution in [2.45, 2.75) is 0 Å². The summed E-state index contributed by atoms with van der Waals surface area (Å²) in [6, 6.07) is 21.4. The minimum absolute atomic E-state index is 0.339. The summed E-state index contributed by atoms with van der Waals surface area (Å²) in [6.07, 6.45) is 0. The summed E-state index contributed by atoms with van der Waals surface area (Å²) in [7, 11) is 1.37. The summed E-state index contributed by atoms with van der Waals surface area (Å²) in [5, 5.41) is 2.38. The normalized spacial score (nSPS) is 9.86. The molecule has 3 aromatic rings. The van der Waals surface area contributed by atoms with Crippen molar-refractivity contribution in [1.82, 2.24) is 0 Å². The monoisotopic (exact) mass is 286 g/mol. The molecule has 3 rings (SSSR count). The number of carbonyl (C=O) groups excluding carboxylic acids is 1. The van der Waals surface area contributed by atoms with E-state index in [1.54, 1.807) is 12.1 Å². The third kappa shape index (κ3) is 2.99. The van der Waals surface area contributed by atoms with Gasteiger partial charge in [0.05, 0.1) is 12.7 Å². The van der Waals surface area contributed by atoms with Gasteiger partial charge in [-0.05, 0) is 47.2 Å². The number of ether oxygens (including phenoxy) is 1. The molecule has 2 heteroatoms. The number of hydrogen-bond acceptors (Lipinski definition) is 2. The highest BCUT2D eigenvalue weighted by atomic mass is 16.5. The van der Waals surface area contributed by atoms with Gasteiger partial charge in [0.2, 0.25) is 0 Å². The zero-order valence-electron chi connectivity index (χ0n) is 12.2. The van der Waals surface area contributed by atoms with Gasteiger partial charge in [-0.15, -0.1) is 0 Å². The van der Waals surface area contributed by atoms with Gasteiger partial charge in [-0.25, -0.2) is 4.79 Å². The fourth-order valence-corrected chi connectivity index (χ4v) is 2.22. The van der Waals surface area contributed by atoms with E-state index in [0.717, 1.165) is 11.1 Å². The van der Waals surface area contributed by atoms with E-state index in [2.05, 4.69) is 40.8 Å². The van der Waals surface area contributed by atoms with Gasteiger partial charge in [0, 0.05) is 11.1 Å². The Hall–Kier alpha value is -3.05. The molecule has 0 atom stereocenters. The van der Waals surface area contributed by atoms with E-state index in [4.69, 9.17) is 0 Å². The van der Waals surface area contributed by atoms with Gasteiger partial charge >= 0.3 is 5.97 Å². The number of rotatable bonds is 1. The molecule has 0 unspecified atom stereocenters. The largest absolute Gasteiger partial charge is 0.465 e. The summed E-state index contributed by atoms with van der Waals surface area (Å²) in [4.78, 5) is 11.4.